The second-order valence-corrected chi connectivity index (χ2v) is 12.4. The molecule has 2 saturated carbocycles. The fourth-order valence-corrected chi connectivity index (χ4v) is 6.11. The highest BCUT2D eigenvalue weighted by atomic mass is 16.5. The molecule has 4 aliphatic rings. The number of carbonyl (C=O) groups excluding carboxylic acids is 2. The molecule has 2 fully saturated rings. The van der Waals surface area contributed by atoms with Crippen LogP contribution in [0, 0.1) is 18.8 Å². The van der Waals surface area contributed by atoms with Crippen LogP contribution in [0.1, 0.15) is 89.1 Å². The van der Waals surface area contributed by atoms with Gasteiger partial charge in [0, 0.05) is 47.9 Å². The lowest BCUT2D eigenvalue weighted by molar-refractivity contribution is 0.0905. The molecule has 6 rings (SSSR count). The summed E-state index contributed by atoms with van der Waals surface area (Å²) < 4.78 is 5.66. The van der Waals surface area contributed by atoms with Crippen LogP contribution in [0.4, 0.5) is 0 Å². The summed E-state index contributed by atoms with van der Waals surface area (Å²) in [6, 6.07) is 12.2. The third-order valence-electron chi connectivity index (χ3n) is 9.11. The number of nitrogens with one attached hydrogen (secondary N) is 1. The zero-order chi connectivity index (χ0) is 28.3. The molecule has 3 aliphatic carbocycles. The van der Waals surface area contributed by atoms with Gasteiger partial charge in [0.15, 0.2) is 5.78 Å². The van der Waals surface area contributed by atoms with Crippen LogP contribution in [-0.2, 0) is 4.74 Å². The van der Waals surface area contributed by atoms with Crippen molar-refractivity contribution < 1.29 is 14.3 Å². The number of carbonyl (C=O) groups is 2. The number of benzene rings is 2. The first-order chi connectivity index (χ1) is 20.0. The van der Waals surface area contributed by atoms with E-state index in [2.05, 4.69) is 47.3 Å². The fourth-order valence-electron chi connectivity index (χ4n) is 6.11. The van der Waals surface area contributed by atoms with Crippen molar-refractivity contribution in [3.63, 3.8) is 0 Å². The number of amides is 1. The number of hydrogen-bond acceptors (Lipinski definition) is 4. The Kier molecular flexibility index (Phi) is 8.25. The van der Waals surface area contributed by atoms with Crippen molar-refractivity contribution >= 4 is 24.0 Å². The fraction of sp³-hybridized carbons (Fsp3) is 0.444. The maximum atomic E-state index is 13.2. The molecule has 214 valence electrons. The zero-order valence-corrected chi connectivity index (χ0v) is 24.3. The summed E-state index contributed by atoms with van der Waals surface area (Å²) in [5.74, 6) is 2.01. The molecule has 0 spiro atoms. The lowest BCUT2D eigenvalue weighted by atomic mass is 9.94. The Hall–Kier alpha value is -3.44. The topological polar surface area (TPSA) is 58.6 Å². The van der Waals surface area contributed by atoms with Crippen LogP contribution in [0.2, 0.25) is 0 Å². The maximum Gasteiger partial charge on any atom is 0.251 e. The average Bonchev–Trinajstić information content (AvgIpc) is 3.88. The Labute approximate surface area is 243 Å². The molecule has 0 aromatic heterocycles. The normalized spacial score (nSPS) is 20.3. The van der Waals surface area contributed by atoms with Gasteiger partial charge in [-0.25, -0.2) is 0 Å². The minimum Gasteiger partial charge on any atom is -0.379 e. The van der Waals surface area contributed by atoms with Gasteiger partial charge in [-0.2, -0.15) is 0 Å². The van der Waals surface area contributed by atoms with Crippen LogP contribution in [0.25, 0.3) is 12.3 Å². The number of allylic oxidation sites excluding steroid dienone is 3. The summed E-state index contributed by atoms with van der Waals surface area (Å²) in [6.45, 7) is 9.09. The molecule has 2 aromatic carbocycles. The van der Waals surface area contributed by atoms with E-state index in [1.165, 1.54) is 31.2 Å². The van der Waals surface area contributed by atoms with Crippen molar-refractivity contribution in [2.75, 3.05) is 26.3 Å². The smallest absolute Gasteiger partial charge is 0.251 e. The Morgan fingerprint density at radius 2 is 1.80 bits per heavy atom. The van der Waals surface area contributed by atoms with E-state index >= 15 is 0 Å². The summed E-state index contributed by atoms with van der Waals surface area (Å²) in [5.41, 5.74) is 5.78. The molecule has 0 radical (unpaired) electrons. The Morgan fingerprint density at radius 1 is 1.00 bits per heavy atom. The number of fused-ring (bicyclic) bond motifs is 1. The molecular formula is C36H42N2O3. The van der Waals surface area contributed by atoms with E-state index in [4.69, 9.17) is 4.74 Å². The first-order valence-electron chi connectivity index (χ1n) is 15.4. The number of rotatable bonds is 11. The molecule has 41 heavy (non-hydrogen) atoms. The Morgan fingerprint density at radius 3 is 2.56 bits per heavy atom. The molecule has 1 N–H and O–H groups in total. The zero-order valence-electron chi connectivity index (χ0n) is 24.3. The van der Waals surface area contributed by atoms with Gasteiger partial charge in [0.2, 0.25) is 0 Å². The van der Waals surface area contributed by atoms with Gasteiger partial charge in [-0.05, 0) is 110 Å². The lowest BCUT2D eigenvalue weighted by Gasteiger charge is -2.28. The van der Waals surface area contributed by atoms with Gasteiger partial charge in [-0.3, -0.25) is 9.59 Å². The lowest BCUT2D eigenvalue weighted by Crippen LogP contribution is -2.39. The van der Waals surface area contributed by atoms with Gasteiger partial charge in [-0.1, -0.05) is 43.0 Å². The van der Waals surface area contributed by atoms with Crippen molar-refractivity contribution in [1.29, 1.82) is 0 Å². The molecule has 1 aliphatic heterocycles. The Balaban J connectivity index is 1.07. The SMILES string of the molecule is C=C1C=c2ccc(C(=O)NCCOCC3CC3)c(C)c2=CN1CC1CCC=C(C(=O)c2ccc(C3CC3)cc2)CC1. The van der Waals surface area contributed by atoms with Gasteiger partial charge in [0.1, 0.15) is 0 Å². The number of hydrogen-bond donors (Lipinski definition) is 1. The van der Waals surface area contributed by atoms with E-state index in [0.717, 1.165) is 77.6 Å². The standard InChI is InChI=1S/C36H42N2O3/c1-24-20-32-16-17-33(36(40)37-18-19-41-23-27-6-7-27)25(2)34(32)22-38(24)21-26-4-3-5-30(9-8-26)35(39)31-14-12-29(13-15-31)28-10-11-28/h5,12-17,20,22,26-28H,1,3-4,6-11,18-19,21,23H2,2H3,(H,37,40). The van der Waals surface area contributed by atoms with Crippen LogP contribution in [-0.4, -0.2) is 42.9 Å². The minimum absolute atomic E-state index is 0.0566. The highest BCUT2D eigenvalue weighted by Crippen LogP contribution is 2.40. The van der Waals surface area contributed by atoms with Crippen LogP contribution in [0.3, 0.4) is 0 Å². The molecule has 5 nitrogen and oxygen atoms in total. The Bertz CT molecular complexity index is 1480. The molecule has 1 amide bonds. The second kappa shape index (κ2) is 12.2. The molecular weight excluding hydrogens is 508 g/mol. The first-order valence-corrected chi connectivity index (χ1v) is 15.4. The van der Waals surface area contributed by atoms with Crippen LogP contribution in [0.5, 0.6) is 0 Å². The predicted molar refractivity (Wildman–Crippen MR) is 164 cm³/mol. The monoisotopic (exact) mass is 550 g/mol. The maximum absolute atomic E-state index is 13.2. The third-order valence-corrected chi connectivity index (χ3v) is 9.11. The minimum atomic E-state index is -0.0566. The quantitative estimate of drug-likeness (QED) is 0.302. The molecule has 1 atom stereocenters. The van der Waals surface area contributed by atoms with Crippen molar-refractivity contribution in [1.82, 2.24) is 10.2 Å². The van der Waals surface area contributed by atoms with Crippen molar-refractivity contribution in [3.05, 3.63) is 93.0 Å². The van der Waals surface area contributed by atoms with Crippen LogP contribution >= 0.6 is 0 Å². The van der Waals surface area contributed by atoms with Crippen LogP contribution < -0.4 is 15.8 Å². The van der Waals surface area contributed by atoms with Crippen molar-refractivity contribution in [3.8, 4) is 0 Å². The van der Waals surface area contributed by atoms with E-state index < -0.39 is 0 Å². The number of ether oxygens (including phenoxy) is 1. The predicted octanol–water partition coefficient (Wildman–Crippen LogP) is 5.38. The summed E-state index contributed by atoms with van der Waals surface area (Å²) in [5, 5.41) is 5.19. The van der Waals surface area contributed by atoms with Crippen molar-refractivity contribution in [2.45, 2.75) is 64.2 Å². The number of nitrogens with zero attached hydrogens (tertiary/aromatic N) is 1. The molecule has 1 heterocycles. The van der Waals surface area contributed by atoms with E-state index in [9.17, 15) is 9.59 Å². The summed E-state index contributed by atoms with van der Waals surface area (Å²) in [7, 11) is 0. The summed E-state index contributed by atoms with van der Waals surface area (Å²) in [4.78, 5) is 28.4. The van der Waals surface area contributed by atoms with E-state index in [1.54, 1.807) is 0 Å². The molecule has 0 bridgehead atoms. The largest absolute Gasteiger partial charge is 0.379 e. The van der Waals surface area contributed by atoms with Crippen molar-refractivity contribution in [2.24, 2.45) is 11.8 Å². The number of ketones is 1. The van der Waals surface area contributed by atoms with Gasteiger partial charge >= 0.3 is 0 Å². The highest BCUT2D eigenvalue weighted by molar-refractivity contribution is 6.08. The second-order valence-electron chi connectivity index (χ2n) is 12.4. The van der Waals surface area contributed by atoms with Crippen LogP contribution in [0.15, 0.2) is 60.3 Å². The first kappa shape index (κ1) is 27.7. The van der Waals surface area contributed by atoms with Gasteiger partial charge < -0.3 is 15.0 Å². The van der Waals surface area contributed by atoms with Gasteiger partial charge in [0.05, 0.1) is 6.61 Å². The molecule has 1 unspecified atom stereocenters. The summed E-state index contributed by atoms with van der Waals surface area (Å²) in [6.07, 6.45) is 15.3. The summed E-state index contributed by atoms with van der Waals surface area (Å²) >= 11 is 0. The average molecular weight is 551 g/mol. The number of Topliss-reactive ketones (excluding diaryl/α,β-unsaturated/α-hetero) is 1. The van der Waals surface area contributed by atoms with E-state index in [1.807, 2.05) is 31.2 Å². The van der Waals surface area contributed by atoms with E-state index in [0.29, 0.717) is 30.6 Å². The third kappa shape index (κ3) is 6.73. The molecule has 0 saturated heterocycles. The van der Waals surface area contributed by atoms with E-state index in [-0.39, 0.29) is 11.7 Å². The van der Waals surface area contributed by atoms with Gasteiger partial charge in [0.25, 0.3) is 5.91 Å². The molecule has 2 aromatic rings. The highest BCUT2D eigenvalue weighted by Gasteiger charge is 2.25. The molecule has 5 heteroatoms. The van der Waals surface area contributed by atoms with Gasteiger partial charge in [-0.15, -0.1) is 0 Å².